The van der Waals surface area contributed by atoms with Crippen molar-refractivity contribution in [2.45, 2.75) is 12.5 Å². The Morgan fingerprint density at radius 3 is 2.61 bits per heavy atom. The van der Waals surface area contributed by atoms with Gasteiger partial charge >= 0.3 is 5.97 Å². The molecule has 0 radical (unpaired) electrons. The molecular weight excluding hydrogens is 260 g/mol. The first-order valence-electron chi connectivity index (χ1n) is 5.35. The van der Waals surface area contributed by atoms with E-state index in [2.05, 4.69) is 6.58 Å². The van der Waals surface area contributed by atoms with E-state index in [-0.39, 0.29) is 19.6 Å². The van der Waals surface area contributed by atoms with Gasteiger partial charge in [0, 0.05) is 19.6 Å². The average molecular weight is 276 g/mol. The van der Waals surface area contributed by atoms with Crippen molar-refractivity contribution in [2.75, 3.05) is 25.9 Å². The van der Waals surface area contributed by atoms with Crippen molar-refractivity contribution >= 4 is 21.9 Å². The second-order valence-corrected chi connectivity index (χ2v) is 6.00. The van der Waals surface area contributed by atoms with Crippen LogP contribution in [-0.2, 0) is 19.6 Å². The molecule has 18 heavy (non-hydrogen) atoms. The van der Waals surface area contributed by atoms with Gasteiger partial charge in [-0.15, -0.1) is 6.58 Å². The first-order valence-corrected chi connectivity index (χ1v) is 7.20. The van der Waals surface area contributed by atoms with E-state index in [4.69, 9.17) is 5.11 Å². The lowest BCUT2D eigenvalue weighted by atomic mass is 10.1. The molecule has 1 unspecified atom stereocenters. The molecule has 1 aliphatic rings. The van der Waals surface area contributed by atoms with Crippen molar-refractivity contribution in [3.8, 4) is 0 Å². The predicted octanol–water partition coefficient (Wildman–Crippen LogP) is -0.880. The largest absolute Gasteiger partial charge is 0.481 e. The minimum absolute atomic E-state index is 0.107. The summed E-state index contributed by atoms with van der Waals surface area (Å²) < 4.78 is 24.0. The lowest BCUT2D eigenvalue weighted by Gasteiger charge is -2.38. The minimum Gasteiger partial charge on any atom is -0.481 e. The highest BCUT2D eigenvalue weighted by Crippen LogP contribution is 2.17. The molecule has 1 saturated heterocycles. The second-order valence-electron chi connectivity index (χ2n) is 4.06. The van der Waals surface area contributed by atoms with Crippen LogP contribution in [0.5, 0.6) is 0 Å². The molecule has 0 saturated carbocycles. The number of carboxylic acid groups (broad SMARTS) is 1. The summed E-state index contributed by atoms with van der Waals surface area (Å²) in [6.45, 7) is 4.14. The maximum absolute atomic E-state index is 12.0. The summed E-state index contributed by atoms with van der Waals surface area (Å²) in [4.78, 5) is 24.2. The van der Waals surface area contributed by atoms with Crippen LogP contribution in [0.15, 0.2) is 12.7 Å². The molecule has 1 N–H and O–H groups in total. The van der Waals surface area contributed by atoms with Crippen LogP contribution < -0.4 is 0 Å². The molecule has 8 heteroatoms. The fourth-order valence-corrected chi connectivity index (χ4v) is 2.95. The Bertz CT molecular complexity index is 459. The number of amides is 1. The van der Waals surface area contributed by atoms with Crippen molar-refractivity contribution < 1.29 is 23.1 Å². The number of aliphatic carboxylic acids is 1. The average Bonchev–Trinajstić information content (AvgIpc) is 2.22. The predicted molar refractivity (Wildman–Crippen MR) is 64.4 cm³/mol. The van der Waals surface area contributed by atoms with Crippen LogP contribution in [-0.4, -0.2) is 66.5 Å². The smallest absolute Gasteiger partial charge is 0.305 e. The zero-order chi connectivity index (χ0) is 13.9. The molecule has 0 aromatic heterocycles. The summed E-state index contributed by atoms with van der Waals surface area (Å²) in [5, 5.41) is 8.77. The molecule has 7 nitrogen and oxygen atoms in total. The molecule has 1 rings (SSSR count). The molecule has 0 aromatic rings. The van der Waals surface area contributed by atoms with E-state index in [1.165, 1.54) is 11.0 Å². The quantitative estimate of drug-likeness (QED) is 0.658. The first-order chi connectivity index (χ1) is 8.27. The Balaban J connectivity index is 2.99. The Hall–Kier alpha value is -1.41. The molecule has 1 heterocycles. The van der Waals surface area contributed by atoms with Gasteiger partial charge in [0.25, 0.3) is 0 Å². The molecular formula is C10H16N2O5S. The lowest BCUT2D eigenvalue weighted by Crippen LogP contribution is -2.58. The minimum atomic E-state index is -3.60. The van der Waals surface area contributed by atoms with Crippen molar-refractivity contribution in [3.05, 3.63) is 12.7 Å². The van der Waals surface area contributed by atoms with E-state index < -0.39 is 34.4 Å². The maximum Gasteiger partial charge on any atom is 0.305 e. The highest BCUT2D eigenvalue weighted by Gasteiger charge is 2.40. The first kappa shape index (κ1) is 14.7. The van der Waals surface area contributed by atoms with Crippen LogP contribution in [0.4, 0.5) is 0 Å². The number of piperazine rings is 1. The summed E-state index contributed by atoms with van der Waals surface area (Å²) in [6, 6.07) is -1.16. The standard InChI is InChI=1S/C10H16N2O5S/c1-3-4-11-5-6-12(18(2,16)17)8(10(11)15)7-9(13)14/h3,8H,1,4-7H2,2H3,(H,13,14). The number of carboxylic acids is 1. The summed E-state index contributed by atoms with van der Waals surface area (Å²) >= 11 is 0. The molecule has 0 bridgehead atoms. The second kappa shape index (κ2) is 5.49. The third-order valence-electron chi connectivity index (χ3n) is 2.68. The summed E-state index contributed by atoms with van der Waals surface area (Å²) in [7, 11) is -3.60. The molecule has 1 atom stereocenters. The molecule has 0 spiro atoms. The highest BCUT2D eigenvalue weighted by molar-refractivity contribution is 7.88. The van der Waals surface area contributed by atoms with Crippen LogP contribution in [0.25, 0.3) is 0 Å². The fraction of sp³-hybridized carbons (Fsp3) is 0.600. The molecule has 1 amide bonds. The van der Waals surface area contributed by atoms with Gasteiger partial charge in [-0.1, -0.05) is 6.08 Å². The van der Waals surface area contributed by atoms with Gasteiger partial charge in [0.05, 0.1) is 12.7 Å². The number of carbonyl (C=O) groups excluding carboxylic acids is 1. The fourth-order valence-electron chi connectivity index (χ4n) is 1.91. The number of hydrogen-bond donors (Lipinski definition) is 1. The van der Waals surface area contributed by atoms with Crippen molar-refractivity contribution in [1.82, 2.24) is 9.21 Å². The van der Waals surface area contributed by atoms with Gasteiger partial charge in [0.15, 0.2) is 0 Å². The van der Waals surface area contributed by atoms with Crippen LogP contribution in [0.3, 0.4) is 0 Å². The van der Waals surface area contributed by atoms with Crippen LogP contribution in [0, 0.1) is 0 Å². The topological polar surface area (TPSA) is 95.0 Å². The van der Waals surface area contributed by atoms with E-state index in [0.717, 1.165) is 10.6 Å². The summed E-state index contributed by atoms with van der Waals surface area (Å²) in [5.41, 5.74) is 0. The molecule has 102 valence electrons. The van der Waals surface area contributed by atoms with E-state index in [1.54, 1.807) is 0 Å². The van der Waals surface area contributed by atoms with Gasteiger partial charge in [0.1, 0.15) is 6.04 Å². The number of rotatable bonds is 5. The Morgan fingerprint density at radius 2 is 2.17 bits per heavy atom. The van der Waals surface area contributed by atoms with Crippen molar-refractivity contribution in [3.63, 3.8) is 0 Å². The van der Waals surface area contributed by atoms with E-state index >= 15 is 0 Å². The Morgan fingerprint density at radius 1 is 1.56 bits per heavy atom. The number of sulfonamides is 1. The van der Waals surface area contributed by atoms with Gasteiger partial charge in [-0.25, -0.2) is 8.42 Å². The zero-order valence-corrected chi connectivity index (χ0v) is 10.9. The summed E-state index contributed by atoms with van der Waals surface area (Å²) in [6.07, 6.45) is 1.96. The van der Waals surface area contributed by atoms with Crippen LogP contribution in [0.2, 0.25) is 0 Å². The van der Waals surface area contributed by atoms with Gasteiger partial charge < -0.3 is 10.0 Å². The van der Waals surface area contributed by atoms with Crippen molar-refractivity contribution in [2.24, 2.45) is 0 Å². The van der Waals surface area contributed by atoms with Gasteiger partial charge in [0.2, 0.25) is 15.9 Å². The maximum atomic E-state index is 12.0. The third kappa shape index (κ3) is 3.30. The van der Waals surface area contributed by atoms with Crippen molar-refractivity contribution in [1.29, 1.82) is 0 Å². The van der Waals surface area contributed by atoms with Gasteiger partial charge in [-0.3, -0.25) is 9.59 Å². The molecule has 0 aliphatic carbocycles. The number of hydrogen-bond acceptors (Lipinski definition) is 4. The molecule has 1 aliphatic heterocycles. The third-order valence-corrected chi connectivity index (χ3v) is 3.97. The van der Waals surface area contributed by atoms with E-state index in [1.807, 2.05) is 0 Å². The lowest BCUT2D eigenvalue weighted by molar-refractivity contribution is -0.146. The summed E-state index contributed by atoms with van der Waals surface area (Å²) in [5.74, 6) is -1.70. The molecule has 1 fully saturated rings. The highest BCUT2D eigenvalue weighted by atomic mass is 32.2. The number of nitrogens with zero attached hydrogens (tertiary/aromatic N) is 2. The number of carbonyl (C=O) groups is 2. The van der Waals surface area contributed by atoms with E-state index in [9.17, 15) is 18.0 Å². The Kier molecular flexibility index (Phi) is 4.47. The van der Waals surface area contributed by atoms with Gasteiger partial charge in [-0.05, 0) is 0 Å². The van der Waals surface area contributed by atoms with Crippen LogP contribution in [0.1, 0.15) is 6.42 Å². The van der Waals surface area contributed by atoms with Gasteiger partial charge in [-0.2, -0.15) is 4.31 Å². The van der Waals surface area contributed by atoms with E-state index in [0.29, 0.717) is 0 Å². The molecule has 0 aromatic carbocycles. The SMILES string of the molecule is C=CCN1CCN(S(C)(=O)=O)C(CC(=O)O)C1=O. The monoisotopic (exact) mass is 276 g/mol. The van der Waals surface area contributed by atoms with Crippen LogP contribution >= 0.6 is 0 Å². The zero-order valence-electron chi connectivity index (χ0n) is 10.1. The Labute approximate surface area is 106 Å². The normalized spacial score (nSPS) is 21.9.